The van der Waals surface area contributed by atoms with Gasteiger partial charge in [-0.25, -0.2) is 0 Å². The van der Waals surface area contributed by atoms with Gasteiger partial charge in [0.25, 0.3) is 0 Å². The van der Waals surface area contributed by atoms with Crippen LogP contribution in [0, 0.1) is 11.8 Å². The van der Waals surface area contributed by atoms with Crippen molar-refractivity contribution in [2.24, 2.45) is 11.8 Å². The smallest absolute Gasteiger partial charge is 0.0308 e. The molecule has 0 fully saturated rings. The van der Waals surface area contributed by atoms with Gasteiger partial charge in [0.2, 0.25) is 0 Å². The quantitative estimate of drug-likeness (QED) is 0.730. The lowest BCUT2D eigenvalue weighted by molar-refractivity contribution is 0.185. The van der Waals surface area contributed by atoms with E-state index >= 15 is 0 Å². The molecule has 1 aromatic rings. The van der Waals surface area contributed by atoms with E-state index in [9.17, 15) is 0 Å². The van der Waals surface area contributed by atoms with Gasteiger partial charge in [0.1, 0.15) is 0 Å². The Bertz CT molecular complexity index is 357. The summed E-state index contributed by atoms with van der Waals surface area (Å²) >= 11 is 0. The Labute approximate surface area is 99.3 Å². The van der Waals surface area contributed by atoms with Gasteiger partial charge in [-0.1, -0.05) is 27.7 Å². The third kappa shape index (κ3) is 1.57. The first kappa shape index (κ1) is 11.6. The fraction of sp³-hybridized carbons (Fsp3) is 0.667. The predicted octanol–water partition coefficient (Wildman–Crippen LogP) is 3.97. The Morgan fingerprint density at radius 3 is 2.50 bits per heavy atom. The SMILES string of the molecule is CC(C)C1(C(C)C)CCCc2ccncc21. The summed E-state index contributed by atoms with van der Waals surface area (Å²) in [6.45, 7) is 9.45. The standard InChI is InChI=1S/C15H23N/c1-11(2)15(12(3)4)8-5-6-13-7-9-16-10-14(13)15/h7,9-12H,5-6,8H2,1-4H3. The molecule has 0 unspecified atom stereocenters. The molecule has 1 aromatic heterocycles. The molecule has 0 atom stereocenters. The van der Waals surface area contributed by atoms with Crippen molar-refractivity contribution in [1.29, 1.82) is 0 Å². The summed E-state index contributed by atoms with van der Waals surface area (Å²) in [7, 11) is 0. The highest BCUT2D eigenvalue weighted by atomic mass is 14.6. The van der Waals surface area contributed by atoms with Crippen molar-refractivity contribution in [3.05, 3.63) is 29.6 Å². The molecule has 0 N–H and O–H groups in total. The molecule has 0 radical (unpaired) electrons. The normalized spacial score (nSPS) is 18.9. The molecule has 0 aromatic carbocycles. The van der Waals surface area contributed by atoms with Crippen molar-refractivity contribution in [2.45, 2.75) is 52.4 Å². The Morgan fingerprint density at radius 1 is 1.19 bits per heavy atom. The van der Waals surface area contributed by atoms with Crippen molar-refractivity contribution in [3.8, 4) is 0 Å². The van der Waals surface area contributed by atoms with E-state index in [1.54, 1.807) is 0 Å². The van der Waals surface area contributed by atoms with E-state index in [0.717, 1.165) is 0 Å². The average Bonchev–Trinajstić information content (AvgIpc) is 2.27. The largest absolute Gasteiger partial charge is 0.264 e. The zero-order valence-corrected chi connectivity index (χ0v) is 11.0. The molecule has 1 heteroatoms. The van der Waals surface area contributed by atoms with Crippen LogP contribution in [-0.2, 0) is 11.8 Å². The van der Waals surface area contributed by atoms with Crippen LogP contribution in [0.5, 0.6) is 0 Å². The van der Waals surface area contributed by atoms with Crippen LogP contribution in [0.25, 0.3) is 0 Å². The monoisotopic (exact) mass is 217 g/mol. The van der Waals surface area contributed by atoms with Crippen molar-refractivity contribution in [2.75, 3.05) is 0 Å². The summed E-state index contributed by atoms with van der Waals surface area (Å²) in [6, 6.07) is 2.22. The molecular formula is C15H23N. The van der Waals surface area contributed by atoms with E-state index in [1.165, 1.54) is 30.4 Å². The van der Waals surface area contributed by atoms with Crippen LogP contribution in [0.3, 0.4) is 0 Å². The van der Waals surface area contributed by atoms with Gasteiger partial charge in [-0.2, -0.15) is 0 Å². The molecular weight excluding hydrogens is 194 g/mol. The maximum absolute atomic E-state index is 4.36. The fourth-order valence-corrected chi connectivity index (χ4v) is 3.63. The van der Waals surface area contributed by atoms with E-state index < -0.39 is 0 Å². The maximum Gasteiger partial charge on any atom is 0.0308 e. The third-order valence-electron chi connectivity index (χ3n) is 4.51. The third-order valence-corrected chi connectivity index (χ3v) is 4.51. The molecule has 88 valence electrons. The molecule has 1 heterocycles. The summed E-state index contributed by atoms with van der Waals surface area (Å²) in [5, 5.41) is 0. The van der Waals surface area contributed by atoms with E-state index in [0.29, 0.717) is 17.3 Å². The predicted molar refractivity (Wildman–Crippen MR) is 68.5 cm³/mol. The zero-order chi connectivity index (χ0) is 11.8. The zero-order valence-electron chi connectivity index (χ0n) is 11.0. The topological polar surface area (TPSA) is 12.9 Å². The van der Waals surface area contributed by atoms with Crippen LogP contribution in [0.1, 0.15) is 51.7 Å². The highest BCUT2D eigenvalue weighted by Crippen LogP contribution is 2.47. The van der Waals surface area contributed by atoms with Crippen LogP contribution >= 0.6 is 0 Å². The number of hydrogen-bond donors (Lipinski definition) is 0. The van der Waals surface area contributed by atoms with Crippen molar-refractivity contribution in [3.63, 3.8) is 0 Å². The minimum atomic E-state index is 0.349. The van der Waals surface area contributed by atoms with Crippen LogP contribution < -0.4 is 0 Å². The molecule has 0 saturated carbocycles. The number of hydrogen-bond acceptors (Lipinski definition) is 1. The number of pyridine rings is 1. The van der Waals surface area contributed by atoms with Gasteiger partial charge in [0, 0.05) is 17.8 Å². The summed E-state index contributed by atoms with van der Waals surface area (Å²) in [5.41, 5.74) is 3.40. The van der Waals surface area contributed by atoms with E-state index in [4.69, 9.17) is 0 Å². The molecule has 0 aliphatic heterocycles. The number of fused-ring (bicyclic) bond motifs is 1. The first-order valence-electron chi connectivity index (χ1n) is 6.52. The molecule has 16 heavy (non-hydrogen) atoms. The van der Waals surface area contributed by atoms with Crippen LogP contribution in [-0.4, -0.2) is 4.98 Å². The van der Waals surface area contributed by atoms with Crippen molar-refractivity contribution < 1.29 is 0 Å². The van der Waals surface area contributed by atoms with Crippen LogP contribution in [0.2, 0.25) is 0 Å². The van der Waals surface area contributed by atoms with Gasteiger partial charge in [0.15, 0.2) is 0 Å². The van der Waals surface area contributed by atoms with E-state index in [-0.39, 0.29) is 0 Å². The van der Waals surface area contributed by atoms with Crippen molar-refractivity contribution >= 4 is 0 Å². The maximum atomic E-state index is 4.36. The summed E-state index contributed by atoms with van der Waals surface area (Å²) in [6.07, 6.45) is 7.94. The second-order valence-electron chi connectivity index (χ2n) is 5.74. The summed E-state index contributed by atoms with van der Waals surface area (Å²) in [5.74, 6) is 1.38. The number of rotatable bonds is 2. The molecule has 0 spiro atoms. The average molecular weight is 217 g/mol. The van der Waals surface area contributed by atoms with Crippen LogP contribution in [0.4, 0.5) is 0 Å². The van der Waals surface area contributed by atoms with Gasteiger partial charge in [-0.15, -0.1) is 0 Å². The number of aromatic nitrogens is 1. The van der Waals surface area contributed by atoms with E-state index in [2.05, 4.69) is 44.9 Å². The number of nitrogens with zero attached hydrogens (tertiary/aromatic N) is 1. The van der Waals surface area contributed by atoms with Crippen molar-refractivity contribution in [1.82, 2.24) is 4.98 Å². The minimum Gasteiger partial charge on any atom is -0.264 e. The summed E-state index contributed by atoms with van der Waals surface area (Å²) < 4.78 is 0. The first-order chi connectivity index (χ1) is 7.59. The molecule has 0 saturated heterocycles. The fourth-order valence-electron chi connectivity index (χ4n) is 3.63. The highest BCUT2D eigenvalue weighted by Gasteiger charge is 2.41. The van der Waals surface area contributed by atoms with Crippen LogP contribution in [0.15, 0.2) is 18.5 Å². The van der Waals surface area contributed by atoms with E-state index in [1.807, 2.05) is 6.20 Å². The van der Waals surface area contributed by atoms with Gasteiger partial charge in [-0.3, -0.25) is 4.98 Å². The van der Waals surface area contributed by atoms with Gasteiger partial charge in [0.05, 0.1) is 0 Å². The molecule has 0 bridgehead atoms. The Morgan fingerprint density at radius 2 is 1.88 bits per heavy atom. The number of aryl methyl sites for hydroxylation is 1. The Hall–Kier alpha value is -0.850. The lowest BCUT2D eigenvalue weighted by Gasteiger charge is -2.45. The second-order valence-corrected chi connectivity index (χ2v) is 5.74. The Balaban J connectivity index is 2.57. The summed E-state index contributed by atoms with van der Waals surface area (Å²) in [4.78, 5) is 4.36. The second kappa shape index (κ2) is 4.20. The lowest BCUT2D eigenvalue weighted by atomic mass is 9.59. The van der Waals surface area contributed by atoms with Gasteiger partial charge >= 0.3 is 0 Å². The molecule has 1 nitrogen and oxygen atoms in total. The Kier molecular flexibility index (Phi) is 3.05. The van der Waals surface area contributed by atoms with Gasteiger partial charge in [-0.05, 0) is 48.3 Å². The van der Waals surface area contributed by atoms with Gasteiger partial charge < -0.3 is 0 Å². The highest BCUT2D eigenvalue weighted by molar-refractivity contribution is 5.35. The lowest BCUT2D eigenvalue weighted by Crippen LogP contribution is -2.41. The molecule has 2 rings (SSSR count). The first-order valence-corrected chi connectivity index (χ1v) is 6.52. The molecule has 1 aliphatic carbocycles. The molecule has 1 aliphatic rings. The minimum absolute atomic E-state index is 0.349. The molecule has 0 amide bonds.